The molecule has 2 amide bonds. The van der Waals surface area contributed by atoms with Gasteiger partial charge in [-0.3, -0.25) is 14.4 Å². The molecule has 1 aliphatic rings. The average Bonchev–Trinajstić information content (AvgIpc) is 2.74. The Labute approximate surface area is 119 Å². The molecule has 0 bridgehead atoms. The molecule has 0 saturated heterocycles. The van der Waals surface area contributed by atoms with E-state index in [1.165, 1.54) is 12.3 Å². The zero-order valence-electron chi connectivity index (χ0n) is 10.9. The molecule has 20 heavy (non-hydrogen) atoms. The topological polar surface area (TPSA) is 108 Å². The number of rotatable bonds is 5. The Bertz CT molecular complexity index is 551. The lowest BCUT2D eigenvalue weighted by Gasteiger charge is -2.37. The minimum atomic E-state index is -0.874. The molecule has 7 nitrogen and oxygen atoms in total. The van der Waals surface area contributed by atoms with Crippen LogP contribution in [0.15, 0.2) is 5.38 Å². The molecule has 0 aliphatic heterocycles. The fourth-order valence-corrected chi connectivity index (χ4v) is 2.73. The molecule has 0 atom stereocenters. The number of aromatic nitrogens is 1. The van der Waals surface area contributed by atoms with Crippen molar-refractivity contribution in [1.29, 1.82) is 0 Å². The fourth-order valence-electron chi connectivity index (χ4n) is 2.00. The first-order valence-corrected chi connectivity index (χ1v) is 7.06. The van der Waals surface area contributed by atoms with E-state index in [1.54, 1.807) is 0 Å². The van der Waals surface area contributed by atoms with E-state index in [2.05, 4.69) is 15.6 Å². The number of carboxylic acids is 1. The van der Waals surface area contributed by atoms with Gasteiger partial charge in [-0.25, -0.2) is 4.98 Å². The molecule has 8 heteroatoms. The van der Waals surface area contributed by atoms with Gasteiger partial charge >= 0.3 is 5.97 Å². The number of amides is 2. The SMILES string of the molecule is CC(=O)Nc1nc(C(=O)NCC2(C(=O)O)CCC2)cs1. The smallest absolute Gasteiger partial charge is 0.311 e. The summed E-state index contributed by atoms with van der Waals surface area (Å²) in [5.41, 5.74) is -0.648. The van der Waals surface area contributed by atoms with Crippen LogP contribution < -0.4 is 10.6 Å². The van der Waals surface area contributed by atoms with Crippen LogP contribution in [-0.4, -0.2) is 34.4 Å². The van der Waals surface area contributed by atoms with Gasteiger partial charge in [-0.15, -0.1) is 11.3 Å². The Morgan fingerprint density at radius 3 is 2.65 bits per heavy atom. The first-order valence-electron chi connectivity index (χ1n) is 6.18. The summed E-state index contributed by atoms with van der Waals surface area (Å²) in [6, 6.07) is 0. The summed E-state index contributed by atoms with van der Waals surface area (Å²) in [5.74, 6) is -1.56. The molecule has 1 saturated carbocycles. The van der Waals surface area contributed by atoms with Crippen LogP contribution in [0.25, 0.3) is 0 Å². The molecular formula is C12H15N3O4S. The third kappa shape index (κ3) is 2.96. The van der Waals surface area contributed by atoms with E-state index < -0.39 is 17.3 Å². The predicted molar refractivity (Wildman–Crippen MR) is 72.7 cm³/mol. The Morgan fingerprint density at radius 2 is 2.15 bits per heavy atom. The maximum absolute atomic E-state index is 11.9. The molecule has 1 heterocycles. The molecule has 108 valence electrons. The molecule has 1 aromatic rings. The van der Waals surface area contributed by atoms with E-state index in [9.17, 15) is 14.4 Å². The van der Waals surface area contributed by atoms with Gasteiger partial charge in [0.15, 0.2) is 5.13 Å². The molecule has 1 aromatic heterocycles. The predicted octanol–water partition coefficient (Wildman–Crippen LogP) is 1.09. The molecule has 0 aromatic carbocycles. The molecule has 3 N–H and O–H groups in total. The number of nitrogens with one attached hydrogen (secondary N) is 2. The zero-order chi connectivity index (χ0) is 14.8. The lowest BCUT2D eigenvalue weighted by Crippen LogP contribution is -2.47. The minimum Gasteiger partial charge on any atom is -0.481 e. The summed E-state index contributed by atoms with van der Waals surface area (Å²) in [5, 5.41) is 16.1. The lowest BCUT2D eigenvalue weighted by atomic mass is 9.69. The van der Waals surface area contributed by atoms with E-state index in [4.69, 9.17) is 5.11 Å². The number of hydrogen-bond acceptors (Lipinski definition) is 5. The molecular weight excluding hydrogens is 282 g/mol. The van der Waals surface area contributed by atoms with Gasteiger partial charge in [-0.2, -0.15) is 0 Å². The second kappa shape index (κ2) is 5.58. The van der Waals surface area contributed by atoms with Crippen molar-refractivity contribution in [2.45, 2.75) is 26.2 Å². The van der Waals surface area contributed by atoms with Crippen molar-refractivity contribution in [2.75, 3.05) is 11.9 Å². The fraction of sp³-hybridized carbons (Fsp3) is 0.500. The van der Waals surface area contributed by atoms with Crippen molar-refractivity contribution >= 4 is 34.3 Å². The van der Waals surface area contributed by atoms with Crippen LogP contribution in [0.2, 0.25) is 0 Å². The summed E-state index contributed by atoms with van der Waals surface area (Å²) < 4.78 is 0. The monoisotopic (exact) mass is 297 g/mol. The number of carboxylic acid groups (broad SMARTS) is 1. The van der Waals surface area contributed by atoms with E-state index in [1.807, 2.05) is 0 Å². The molecule has 0 unspecified atom stereocenters. The van der Waals surface area contributed by atoms with Crippen molar-refractivity contribution in [3.8, 4) is 0 Å². The molecule has 0 radical (unpaired) electrons. The van der Waals surface area contributed by atoms with E-state index >= 15 is 0 Å². The highest BCUT2D eigenvalue weighted by Gasteiger charge is 2.44. The van der Waals surface area contributed by atoms with Crippen LogP contribution in [0.4, 0.5) is 5.13 Å². The van der Waals surface area contributed by atoms with Gasteiger partial charge in [-0.05, 0) is 12.8 Å². The summed E-state index contributed by atoms with van der Waals surface area (Å²) in [7, 11) is 0. The van der Waals surface area contributed by atoms with E-state index in [0.29, 0.717) is 18.0 Å². The Morgan fingerprint density at radius 1 is 1.45 bits per heavy atom. The summed E-state index contributed by atoms with van der Waals surface area (Å²) in [6.45, 7) is 1.46. The van der Waals surface area contributed by atoms with Gasteiger partial charge in [0.05, 0.1) is 5.41 Å². The number of nitrogens with zero attached hydrogens (tertiary/aromatic N) is 1. The molecule has 2 rings (SSSR count). The second-order valence-corrected chi connectivity index (χ2v) is 5.70. The Kier molecular flexibility index (Phi) is 4.03. The highest BCUT2D eigenvalue weighted by molar-refractivity contribution is 7.14. The standard InChI is InChI=1S/C12H15N3O4S/c1-7(16)14-11-15-8(5-20-11)9(17)13-6-12(10(18)19)3-2-4-12/h5H,2-4,6H2,1H3,(H,13,17)(H,18,19)(H,14,15,16). The third-order valence-electron chi connectivity index (χ3n) is 3.37. The number of carbonyl (C=O) groups excluding carboxylic acids is 2. The number of thiazole rings is 1. The molecule has 1 aliphatic carbocycles. The average molecular weight is 297 g/mol. The number of hydrogen-bond donors (Lipinski definition) is 3. The second-order valence-electron chi connectivity index (χ2n) is 4.84. The van der Waals surface area contributed by atoms with Crippen molar-refractivity contribution in [3.63, 3.8) is 0 Å². The van der Waals surface area contributed by atoms with Crippen LogP contribution in [0.1, 0.15) is 36.7 Å². The largest absolute Gasteiger partial charge is 0.481 e. The number of aliphatic carboxylic acids is 1. The molecule has 0 spiro atoms. The summed E-state index contributed by atoms with van der Waals surface area (Å²) in [4.78, 5) is 37.9. The van der Waals surface area contributed by atoms with Gasteiger partial charge in [0.25, 0.3) is 5.91 Å². The maximum atomic E-state index is 11.9. The number of anilines is 1. The van der Waals surface area contributed by atoms with Gasteiger partial charge in [0.1, 0.15) is 5.69 Å². The van der Waals surface area contributed by atoms with Crippen molar-refractivity contribution in [1.82, 2.24) is 10.3 Å². The van der Waals surface area contributed by atoms with Crippen molar-refractivity contribution in [3.05, 3.63) is 11.1 Å². The Balaban J connectivity index is 1.93. The summed E-state index contributed by atoms with van der Waals surface area (Å²) >= 11 is 1.15. The highest BCUT2D eigenvalue weighted by Crippen LogP contribution is 2.40. The van der Waals surface area contributed by atoms with E-state index in [0.717, 1.165) is 17.8 Å². The zero-order valence-corrected chi connectivity index (χ0v) is 11.7. The lowest BCUT2D eigenvalue weighted by molar-refractivity contribution is -0.153. The summed E-state index contributed by atoms with van der Waals surface area (Å²) in [6.07, 6.45) is 2.03. The first-order chi connectivity index (χ1) is 9.43. The van der Waals surface area contributed by atoms with Crippen LogP contribution in [0.5, 0.6) is 0 Å². The third-order valence-corrected chi connectivity index (χ3v) is 4.13. The van der Waals surface area contributed by atoms with Gasteiger partial charge in [0, 0.05) is 18.8 Å². The molecule has 1 fully saturated rings. The Hall–Kier alpha value is -1.96. The quantitative estimate of drug-likeness (QED) is 0.753. The van der Waals surface area contributed by atoms with Gasteiger partial charge in [0.2, 0.25) is 5.91 Å². The highest BCUT2D eigenvalue weighted by atomic mass is 32.1. The van der Waals surface area contributed by atoms with E-state index in [-0.39, 0.29) is 18.1 Å². The van der Waals surface area contributed by atoms with Crippen LogP contribution in [0, 0.1) is 5.41 Å². The van der Waals surface area contributed by atoms with Crippen molar-refractivity contribution < 1.29 is 19.5 Å². The maximum Gasteiger partial charge on any atom is 0.311 e. The minimum absolute atomic E-state index is 0.105. The van der Waals surface area contributed by atoms with Crippen LogP contribution >= 0.6 is 11.3 Å². The number of carbonyl (C=O) groups is 3. The van der Waals surface area contributed by atoms with Gasteiger partial charge < -0.3 is 15.7 Å². The van der Waals surface area contributed by atoms with Crippen LogP contribution in [0.3, 0.4) is 0 Å². The van der Waals surface area contributed by atoms with Gasteiger partial charge in [-0.1, -0.05) is 6.42 Å². The first kappa shape index (κ1) is 14.4. The van der Waals surface area contributed by atoms with Crippen LogP contribution in [-0.2, 0) is 9.59 Å². The normalized spacial score (nSPS) is 16.1. The van der Waals surface area contributed by atoms with Crippen molar-refractivity contribution in [2.24, 2.45) is 5.41 Å².